The van der Waals surface area contributed by atoms with E-state index in [1.165, 1.54) is 16.8 Å². The summed E-state index contributed by atoms with van der Waals surface area (Å²) in [6.45, 7) is 2.79. The Morgan fingerprint density at radius 3 is 2.54 bits per heavy atom. The highest BCUT2D eigenvalue weighted by Crippen LogP contribution is 2.17. The lowest BCUT2D eigenvalue weighted by atomic mass is 10.1. The van der Waals surface area contributed by atoms with Crippen LogP contribution in [0, 0.1) is 4.84 Å². The van der Waals surface area contributed by atoms with Crippen molar-refractivity contribution in [3.8, 4) is 17.1 Å². The predicted molar refractivity (Wildman–Crippen MR) is 107 cm³/mol. The topological polar surface area (TPSA) is 66.1 Å². The molecular formula is C20H21N6OS+. The Morgan fingerprint density at radius 2 is 1.86 bits per heavy atom. The number of hydrogen-bond acceptors (Lipinski definition) is 5. The van der Waals surface area contributed by atoms with Crippen molar-refractivity contribution in [2.75, 3.05) is 7.05 Å². The summed E-state index contributed by atoms with van der Waals surface area (Å²) in [5.41, 5.74) is 3.12. The Labute approximate surface area is 167 Å². The molecule has 1 N–H and O–H groups in total. The zero-order valence-corrected chi connectivity index (χ0v) is 16.5. The average molecular weight is 393 g/mol. The van der Waals surface area contributed by atoms with E-state index in [-0.39, 0.29) is 6.04 Å². The molecule has 1 unspecified atom stereocenters. The summed E-state index contributed by atoms with van der Waals surface area (Å²) >= 11 is 5.36. The molecule has 142 valence electrons. The first-order chi connectivity index (χ1) is 13.6. The van der Waals surface area contributed by atoms with Crippen molar-refractivity contribution in [1.29, 1.82) is 0 Å². The molecule has 28 heavy (non-hydrogen) atoms. The minimum atomic E-state index is 0.253. The Morgan fingerprint density at radius 1 is 1.11 bits per heavy atom. The van der Waals surface area contributed by atoms with Crippen LogP contribution >= 0.6 is 12.2 Å². The van der Waals surface area contributed by atoms with Gasteiger partial charge in [-0.3, -0.25) is 0 Å². The van der Waals surface area contributed by atoms with Crippen molar-refractivity contribution in [2.24, 2.45) is 0 Å². The largest absolute Gasteiger partial charge is 0.409 e. The third-order valence-corrected chi connectivity index (χ3v) is 5.14. The predicted octanol–water partition coefficient (Wildman–Crippen LogP) is 2.69. The molecule has 0 saturated carbocycles. The van der Waals surface area contributed by atoms with Crippen molar-refractivity contribution in [2.45, 2.75) is 19.6 Å². The number of quaternary nitrogens is 1. The maximum Gasteiger partial charge on any atom is 0.292 e. The van der Waals surface area contributed by atoms with Gasteiger partial charge < -0.3 is 9.32 Å². The smallest absolute Gasteiger partial charge is 0.292 e. The number of benzene rings is 2. The van der Waals surface area contributed by atoms with E-state index in [9.17, 15) is 0 Å². The van der Waals surface area contributed by atoms with Crippen LogP contribution in [-0.2, 0) is 6.67 Å². The lowest BCUT2D eigenvalue weighted by molar-refractivity contribution is -0.933. The summed E-state index contributed by atoms with van der Waals surface area (Å²) in [5, 5.41) is 8.71. The molecule has 2 aromatic carbocycles. The lowest BCUT2D eigenvalue weighted by Crippen LogP contribution is -3.08. The zero-order valence-electron chi connectivity index (χ0n) is 15.7. The number of hydrogen-bond donors (Lipinski definition) is 1. The Bertz CT molecular complexity index is 1090. The van der Waals surface area contributed by atoms with Crippen LogP contribution in [0.4, 0.5) is 0 Å². The molecule has 0 aliphatic carbocycles. The molecule has 0 saturated heterocycles. The molecule has 7 nitrogen and oxygen atoms in total. The van der Waals surface area contributed by atoms with Crippen molar-refractivity contribution < 1.29 is 9.32 Å². The fourth-order valence-corrected chi connectivity index (χ4v) is 3.20. The average Bonchev–Trinajstić information content (AvgIpc) is 3.39. The highest BCUT2D eigenvalue weighted by atomic mass is 32.1. The SMILES string of the molecule is C[C@@H](c1ccc(-n2cncn2)cc1)[NH+](C)Cn1nc(-c2ccccc2)oc1=S. The second kappa shape index (κ2) is 7.87. The maximum absolute atomic E-state index is 5.68. The molecule has 0 fully saturated rings. The van der Waals surface area contributed by atoms with E-state index in [1.54, 1.807) is 15.7 Å². The number of aromatic nitrogens is 5. The van der Waals surface area contributed by atoms with Gasteiger partial charge in [0.2, 0.25) is 5.89 Å². The van der Waals surface area contributed by atoms with Crippen LogP contribution in [-0.4, -0.2) is 31.6 Å². The van der Waals surface area contributed by atoms with E-state index in [1.807, 2.05) is 42.5 Å². The summed E-state index contributed by atoms with van der Waals surface area (Å²) in [5.74, 6) is 0.545. The lowest BCUT2D eigenvalue weighted by Gasteiger charge is -2.21. The molecular weight excluding hydrogens is 372 g/mol. The Balaban J connectivity index is 1.48. The summed E-state index contributed by atoms with van der Waals surface area (Å²) in [6.07, 6.45) is 3.21. The molecule has 4 rings (SSSR count). The normalized spacial score (nSPS) is 13.4. The molecule has 0 aliphatic rings. The van der Waals surface area contributed by atoms with Crippen molar-refractivity contribution in [3.05, 3.63) is 77.7 Å². The van der Waals surface area contributed by atoms with E-state index in [0.29, 0.717) is 17.4 Å². The van der Waals surface area contributed by atoms with Crippen LogP contribution < -0.4 is 4.90 Å². The molecule has 8 heteroatoms. The number of nitrogens with zero attached hydrogens (tertiary/aromatic N) is 5. The van der Waals surface area contributed by atoms with Gasteiger partial charge in [0.05, 0.1) is 12.7 Å². The van der Waals surface area contributed by atoms with Gasteiger partial charge in [-0.25, -0.2) is 9.67 Å². The number of nitrogens with one attached hydrogen (secondary N) is 1. The molecule has 0 aliphatic heterocycles. The van der Waals surface area contributed by atoms with E-state index in [0.717, 1.165) is 11.3 Å². The highest BCUT2D eigenvalue weighted by Gasteiger charge is 2.18. The first-order valence-corrected chi connectivity index (χ1v) is 9.43. The van der Waals surface area contributed by atoms with Gasteiger partial charge in [-0.15, -0.1) is 5.10 Å². The van der Waals surface area contributed by atoms with Crippen LogP contribution in [0.5, 0.6) is 0 Å². The van der Waals surface area contributed by atoms with Crippen molar-refractivity contribution in [1.82, 2.24) is 24.5 Å². The molecule has 0 spiro atoms. The van der Waals surface area contributed by atoms with Gasteiger partial charge in [-0.1, -0.05) is 30.3 Å². The van der Waals surface area contributed by atoms with Crippen LogP contribution in [0.25, 0.3) is 17.1 Å². The van der Waals surface area contributed by atoms with Gasteiger partial charge in [0.25, 0.3) is 4.84 Å². The Kier molecular flexibility index (Phi) is 5.14. The first kappa shape index (κ1) is 18.3. The van der Waals surface area contributed by atoms with Gasteiger partial charge >= 0.3 is 0 Å². The fraction of sp³-hybridized carbons (Fsp3) is 0.200. The van der Waals surface area contributed by atoms with Crippen LogP contribution in [0.1, 0.15) is 18.5 Å². The maximum atomic E-state index is 5.68. The molecule has 4 aromatic rings. The molecule has 0 radical (unpaired) electrons. The molecule has 2 atom stereocenters. The van der Waals surface area contributed by atoms with Crippen molar-refractivity contribution >= 4 is 12.2 Å². The molecule has 0 bridgehead atoms. The zero-order chi connectivity index (χ0) is 19.5. The number of rotatable bonds is 6. The molecule has 2 heterocycles. The second-order valence-corrected chi connectivity index (χ2v) is 7.05. The van der Waals surface area contributed by atoms with Gasteiger partial charge in [0.1, 0.15) is 18.7 Å². The van der Waals surface area contributed by atoms with Gasteiger partial charge in [0, 0.05) is 11.1 Å². The first-order valence-electron chi connectivity index (χ1n) is 9.02. The van der Waals surface area contributed by atoms with Gasteiger partial charge in [0.15, 0.2) is 6.67 Å². The Hall–Kier alpha value is -3.10. The van der Waals surface area contributed by atoms with E-state index in [4.69, 9.17) is 16.6 Å². The minimum absolute atomic E-state index is 0.253. The molecule has 0 amide bonds. The summed E-state index contributed by atoms with van der Waals surface area (Å²) in [6, 6.07) is 18.4. The van der Waals surface area contributed by atoms with Gasteiger partial charge in [-0.2, -0.15) is 9.78 Å². The molecule has 2 aromatic heterocycles. The van der Waals surface area contributed by atoms with Crippen LogP contribution in [0.15, 0.2) is 71.7 Å². The second-order valence-electron chi connectivity index (χ2n) is 6.70. The summed E-state index contributed by atoms with van der Waals surface area (Å²) in [7, 11) is 2.12. The van der Waals surface area contributed by atoms with E-state index in [2.05, 4.69) is 41.3 Å². The minimum Gasteiger partial charge on any atom is -0.409 e. The van der Waals surface area contributed by atoms with Crippen molar-refractivity contribution in [3.63, 3.8) is 0 Å². The van der Waals surface area contributed by atoms with Gasteiger partial charge in [-0.05, 0) is 43.4 Å². The van der Waals surface area contributed by atoms with E-state index < -0.39 is 0 Å². The summed E-state index contributed by atoms with van der Waals surface area (Å²) < 4.78 is 9.17. The van der Waals surface area contributed by atoms with Crippen LogP contribution in [0.2, 0.25) is 0 Å². The monoisotopic (exact) mass is 393 g/mol. The third-order valence-electron chi connectivity index (χ3n) is 4.84. The summed E-state index contributed by atoms with van der Waals surface area (Å²) in [4.78, 5) is 5.61. The van der Waals surface area contributed by atoms with Crippen LogP contribution in [0.3, 0.4) is 0 Å². The fourth-order valence-electron chi connectivity index (χ4n) is 3.02. The van der Waals surface area contributed by atoms with E-state index >= 15 is 0 Å². The highest BCUT2D eigenvalue weighted by molar-refractivity contribution is 7.71. The third kappa shape index (κ3) is 3.78. The standard InChI is InChI=1S/C20H20N6OS/c1-15(16-8-10-18(11-9-16)25-13-21-12-22-25)24(2)14-26-20(28)27-19(23-26)17-6-4-3-5-7-17/h3-13,15H,14H2,1-2H3/p+1/t15-/m0/s1. The quantitative estimate of drug-likeness (QED) is 0.510.